The van der Waals surface area contributed by atoms with Crippen molar-refractivity contribution in [3.05, 3.63) is 52.3 Å². The van der Waals surface area contributed by atoms with E-state index in [4.69, 9.17) is 4.42 Å². The molecule has 3 rings (SSSR count). The Labute approximate surface area is 156 Å². The number of nitrogens with one attached hydrogen (secondary N) is 1. The Bertz CT molecular complexity index is 962. The van der Waals surface area contributed by atoms with E-state index in [1.807, 2.05) is 6.07 Å². The quantitative estimate of drug-likeness (QED) is 0.839. The maximum atomic E-state index is 12.9. The number of anilines is 1. The van der Waals surface area contributed by atoms with Crippen LogP contribution in [0.4, 0.5) is 5.88 Å². The molecule has 1 atom stereocenters. The number of amides is 3. The van der Waals surface area contributed by atoms with E-state index in [-0.39, 0.29) is 28.5 Å². The molecule has 2 heterocycles. The number of carbonyl (C=O) groups excluding carboxylic acids is 3. The predicted octanol–water partition coefficient (Wildman–Crippen LogP) is 3.03. The summed E-state index contributed by atoms with van der Waals surface area (Å²) in [7, 11) is 0. The number of rotatable bonds is 4. The number of nitriles is 1. The highest BCUT2D eigenvalue weighted by molar-refractivity contribution is 6.23. The number of imide groups is 1. The third-order valence-corrected chi connectivity index (χ3v) is 4.74. The summed E-state index contributed by atoms with van der Waals surface area (Å²) in [5, 5.41) is 11.9. The first-order valence-corrected chi connectivity index (χ1v) is 8.55. The fourth-order valence-electron chi connectivity index (χ4n) is 3.21. The van der Waals surface area contributed by atoms with E-state index < -0.39 is 23.8 Å². The Balaban J connectivity index is 1.95. The molecule has 0 fully saturated rings. The molecule has 0 bridgehead atoms. The molecule has 0 saturated carbocycles. The van der Waals surface area contributed by atoms with Gasteiger partial charge in [0.2, 0.25) is 11.8 Å². The molecule has 3 amide bonds. The molecule has 0 aliphatic carbocycles. The second-order valence-corrected chi connectivity index (χ2v) is 6.80. The lowest BCUT2D eigenvalue weighted by atomic mass is 10.0. The van der Waals surface area contributed by atoms with Crippen molar-refractivity contribution in [2.24, 2.45) is 5.92 Å². The van der Waals surface area contributed by atoms with E-state index >= 15 is 0 Å². The maximum Gasteiger partial charge on any atom is 0.262 e. The highest BCUT2D eigenvalue weighted by Gasteiger charge is 2.44. The van der Waals surface area contributed by atoms with Gasteiger partial charge in [0.25, 0.3) is 11.8 Å². The van der Waals surface area contributed by atoms with Crippen molar-refractivity contribution in [1.29, 1.82) is 5.26 Å². The highest BCUT2D eigenvalue weighted by atomic mass is 16.4. The first-order valence-electron chi connectivity index (χ1n) is 8.55. The van der Waals surface area contributed by atoms with Crippen LogP contribution in [0.1, 0.15) is 51.5 Å². The van der Waals surface area contributed by atoms with Crippen molar-refractivity contribution in [3.8, 4) is 6.07 Å². The third-order valence-electron chi connectivity index (χ3n) is 4.74. The minimum Gasteiger partial charge on any atom is -0.444 e. The summed E-state index contributed by atoms with van der Waals surface area (Å²) >= 11 is 0. The van der Waals surface area contributed by atoms with Gasteiger partial charge in [0, 0.05) is 5.56 Å². The van der Waals surface area contributed by atoms with Crippen molar-refractivity contribution < 1.29 is 18.8 Å². The molecule has 138 valence electrons. The van der Waals surface area contributed by atoms with Gasteiger partial charge in [-0.15, -0.1) is 0 Å². The van der Waals surface area contributed by atoms with Crippen LogP contribution in [0.2, 0.25) is 0 Å². The van der Waals surface area contributed by atoms with Crippen LogP contribution in [0.25, 0.3) is 0 Å². The Hall–Kier alpha value is -3.40. The van der Waals surface area contributed by atoms with Crippen molar-refractivity contribution in [2.45, 2.75) is 33.7 Å². The molecule has 1 aliphatic rings. The van der Waals surface area contributed by atoms with Gasteiger partial charge in [-0.3, -0.25) is 24.6 Å². The van der Waals surface area contributed by atoms with E-state index in [2.05, 4.69) is 5.32 Å². The maximum absolute atomic E-state index is 12.9. The van der Waals surface area contributed by atoms with Gasteiger partial charge in [0.15, 0.2) is 0 Å². The first kappa shape index (κ1) is 18.4. The number of aryl methyl sites for hydroxylation is 1. The normalized spacial score (nSPS) is 14.3. The van der Waals surface area contributed by atoms with Crippen LogP contribution < -0.4 is 5.32 Å². The fraction of sp³-hybridized carbons (Fsp3) is 0.300. The van der Waals surface area contributed by atoms with E-state index in [0.717, 1.165) is 4.90 Å². The van der Waals surface area contributed by atoms with Crippen molar-refractivity contribution in [1.82, 2.24) is 4.90 Å². The summed E-state index contributed by atoms with van der Waals surface area (Å²) in [5.74, 6) is -1.38. The second kappa shape index (κ2) is 6.72. The Morgan fingerprint density at radius 2 is 1.70 bits per heavy atom. The molecular formula is C20H19N3O4. The average molecular weight is 365 g/mol. The van der Waals surface area contributed by atoms with Crippen molar-refractivity contribution in [2.75, 3.05) is 5.32 Å². The summed E-state index contributed by atoms with van der Waals surface area (Å²) < 4.78 is 5.47. The number of hydrogen-bond donors (Lipinski definition) is 1. The number of hydrogen-bond acceptors (Lipinski definition) is 5. The van der Waals surface area contributed by atoms with Crippen LogP contribution >= 0.6 is 0 Å². The van der Waals surface area contributed by atoms with Gasteiger partial charge in [0.05, 0.1) is 11.1 Å². The predicted molar refractivity (Wildman–Crippen MR) is 97.1 cm³/mol. The van der Waals surface area contributed by atoms with Gasteiger partial charge in [-0.2, -0.15) is 5.26 Å². The van der Waals surface area contributed by atoms with Crippen LogP contribution in [-0.2, 0) is 4.79 Å². The van der Waals surface area contributed by atoms with E-state index in [9.17, 15) is 19.6 Å². The second-order valence-electron chi connectivity index (χ2n) is 6.80. The standard InChI is InChI=1S/C20H19N3O4/c1-10(2)16(17(24)22-18-15(9-21)11(3)12(4)27-18)23-19(25)13-7-5-6-8-14(13)20(23)26/h5-8,10,16H,1-4H3,(H,22,24). The molecule has 1 aromatic carbocycles. The zero-order chi connectivity index (χ0) is 19.9. The molecule has 0 saturated heterocycles. The molecule has 2 aromatic rings. The lowest BCUT2D eigenvalue weighted by molar-refractivity contribution is -0.121. The summed E-state index contributed by atoms with van der Waals surface area (Å²) in [6, 6.07) is 7.45. The van der Waals surface area contributed by atoms with Crippen LogP contribution in [0.15, 0.2) is 28.7 Å². The van der Waals surface area contributed by atoms with Crippen LogP contribution in [0.5, 0.6) is 0 Å². The topological polar surface area (TPSA) is 103 Å². The van der Waals surface area contributed by atoms with Crippen LogP contribution in [-0.4, -0.2) is 28.7 Å². The highest BCUT2D eigenvalue weighted by Crippen LogP contribution is 2.29. The Kier molecular flexibility index (Phi) is 4.58. The van der Waals surface area contributed by atoms with Crippen molar-refractivity contribution in [3.63, 3.8) is 0 Å². The van der Waals surface area contributed by atoms with E-state index in [1.165, 1.54) is 0 Å². The first-order chi connectivity index (χ1) is 12.8. The summed E-state index contributed by atoms with van der Waals surface area (Å²) in [6.07, 6.45) is 0. The molecule has 1 unspecified atom stereocenters. The monoisotopic (exact) mass is 365 g/mol. The molecule has 1 aromatic heterocycles. The Morgan fingerprint density at radius 3 is 2.19 bits per heavy atom. The van der Waals surface area contributed by atoms with E-state index in [0.29, 0.717) is 11.3 Å². The molecule has 0 spiro atoms. The number of carbonyl (C=O) groups is 3. The third kappa shape index (κ3) is 2.89. The van der Waals surface area contributed by atoms with Gasteiger partial charge in [-0.1, -0.05) is 26.0 Å². The fourth-order valence-corrected chi connectivity index (χ4v) is 3.21. The molecule has 1 N–H and O–H groups in total. The lowest BCUT2D eigenvalue weighted by Crippen LogP contribution is -2.50. The largest absolute Gasteiger partial charge is 0.444 e. The molecular weight excluding hydrogens is 346 g/mol. The molecule has 0 radical (unpaired) electrons. The van der Waals surface area contributed by atoms with Gasteiger partial charge in [-0.25, -0.2) is 0 Å². The molecule has 1 aliphatic heterocycles. The number of benzene rings is 1. The Morgan fingerprint density at radius 1 is 1.15 bits per heavy atom. The minimum absolute atomic E-state index is 0.0276. The molecule has 27 heavy (non-hydrogen) atoms. The summed E-state index contributed by atoms with van der Waals surface area (Å²) in [5.41, 5.74) is 1.42. The number of fused-ring (bicyclic) bond motifs is 1. The van der Waals surface area contributed by atoms with Gasteiger partial charge < -0.3 is 4.42 Å². The lowest BCUT2D eigenvalue weighted by Gasteiger charge is -2.28. The molecule has 7 nitrogen and oxygen atoms in total. The smallest absolute Gasteiger partial charge is 0.262 e. The van der Waals surface area contributed by atoms with Gasteiger partial charge >= 0.3 is 0 Å². The van der Waals surface area contributed by atoms with Gasteiger partial charge in [-0.05, 0) is 31.9 Å². The summed E-state index contributed by atoms with van der Waals surface area (Å²) in [4.78, 5) is 39.4. The summed E-state index contributed by atoms with van der Waals surface area (Å²) in [6.45, 7) is 6.91. The van der Waals surface area contributed by atoms with Crippen LogP contribution in [0, 0.1) is 31.1 Å². The zero-order valence-electron chi connectivity index (χ0n) is 15.5. The number of furan rings is 1. The van der Waals surface area contributed by atoms with E-state index in [1.54, 1.807) is 52.0 Å². The molecule has 7 heteroatoms. The number of nitrogens with zero attached hydrogens (tertiary/aromatic N) is 2. The SMILES string of the molecule is Cc1oc(NC(=O)C(C(C)C)N2C(=O)c3ccccc3C2=O)c(C#N)c1C. The van der Waals surface area contributed by atoms with Gasteiger partial charge in [0.1, 0.15) is 23.4 Å². The minimum atomic E-state index is -1.03. The van der Waals surface area contributed by atoms with Crippen molar-refractivity contribution >= 4 is 23.6 Å². The zero-order valence-corrected chi connectivity index (χ0v) is 15.5. The van der Waals surface area contributed by atoms with Crippen LogP contribution in [0.3, 0.4) is 0 Å². The average Bonchev–Trinajstić information content (AvgIpc) is 3.03.